The summed E-state index contributed by atoms with van der Waals surface area (Å²) in [6.07, 6.45) is -1.22. The molecule has 0 aromatic heterocycles. The molecule has 0 aliphatic rings. The van der Waals surface area contributed by atoms with E-state index in [0.29, 0.717) is 0 Å². The maximum absolute atomic E-state index is 12.7. The van der Waals surface area contributed by atoms with Gasteiger partial charge in [-0.25, -0.2) is 4.79 Å². The second kappa shape index (κ2) is 15.9. The molecule has 0 heterocycles. The van der Waals surface area contributed by atoms with Crippen LogP contribution in [0.15, 0.2) is 4.99 Å². The van der Waals surface area contributed by atoms with E-state index in [9.17, 15) is 33.9 Å². The van der Waals surface area contributed by atoms with Gasteiger partial charge in [0.15, 0.2) is 5.96 Å². The number of rotatable bonds is 17. The summed E-state index contributed by atoms with van der Waals surface area (Å²) >= 11 is 0. The van der Waals surface area contributed by atoms with E-state index in [4.69, 9.17) is 28.0 Å². The minimum atomic E-state index is -1.73. The Labute approximate surface area is 207 Å². The van der Waals surface area contributed by atoms with Gasteiger partial charge in [0.05, 0.1) is 18.9 Å². The molecule has 0 bridgehead atoms. The predicted molar refractivity (Wildman–Crippen MR) is 127 cm³/mol. The topological polar surface area (TPSA) is 295 Å². The van der Waals surface area contributed by atoms with Crippen molar-refractivity contribution in [1.29, 1.82) is 0 Å². The van der Waals surface area contributed by atoms with Crippen molar-refractivity contribution >= 4 is 41.5 Å². The van der Waals surface area contributed by atoms with Crippen LogP contribution in [0.2, 0.25) is 0 Å². The lowest BCUT2D eigenvalue weighted by molar-refractivity contribution is -0.144. The van der Waals surface area contributed by atoms with Gasteiger partial charge in [0, 0.05) is 6.54 Å². The van der Waals surface area contributed by atoms with E-state index >= 15 is 0 Å². The second-order valence-electron chi connectivity index (χ2n) is 8.47. The van der Waals surface area contributed by atoms with Gasteiger partial charge in [-0.05, 0) is 25.2 Å². The zero-order valence-electron chi connectivity index (χ0n) is 20.2. The molecule has 13 N–H and O–H groups in total. The third kappa shape index (κ3) is 13.7. The lowest BCUT2D eigenvalue weighted by Gasteiger charge is -2.24. The number of nitrogens with one attached hydrogen (secondary N) is 3. The summed E-state index contributed by atoms with van der Waals surface area (Å²) in [7, 11) is 0. The molecular formula is C20H36N8O8. The lowest BCUT2D eigenvalue weighted by atomic mass is 10.0. The Hall–Kier alpha value is -3.95. The number of guanidine groups is 1. The number of nitrogens with two attached hydrogens (primary N) is 4. The summed E-state index contributed by atoms with van der Waals surface area (Å²) in [5.41, 5.74) is 21.3. The average Bonchev–Trinajstić information content (AvgIpc) is 2.73. The Kier molecular flexibility index (Phi) is 14.1. The summed E-state index contributed by atoms with van der Waals surface area (Å²) in [6, 6.07) is -5.71. The summed E-state index contributed by atoms with van der Waals surface area (Å²) in [5, 5.41) is 25.1. The number of nitrogens with zero attached hydrogens (tertiary/aromatic N) is 1. The number of aliphatic imine (C=N–C) groups is 1. The SMILES string of the molecule is CC(C)CC(N)C(=O)NC(CC(N)=O)C(=O)NC(CC(=O)O)C(=O)NC(CCCN=C(N)N)C(=O)O. The summed E-state index contributed by atoms with van der Waals surface area (Å²) in [6.45, 7) is 3.73. The van der Waals surface area contributed by atoms with Gasteiger partial charge >= 0.3 is 11.9 Å². The first-order valence-corrected chi connectivity index (χ1v) is 11.1. The highest BCUT2D eigenvalue weighted by Gasteiger charge is 2.32. The van der Waals surface area contributed by atoms with E-state index in [0.717, 1.165) is 0 Å². The van der Waals surface area contributed by atoms with Gasteiger partial charge < -0.3 is 49.1 Å². The number of hydrogen-bond acceptors (Lipinski definition) is 8. The van der Waals surface area contributed by atoms with Gasteiger partial charge in [0.1, 0.15) is 18.1 Å². The largest absolute Gasteiger partial charge is 0.481 e. The molecule has 4 atom stereocenters. The van der Waals surface area contributed by atoms with Gasteiger partial charge in [-0.15, -0.1) is 0 Å². The quantitative estimate of drug-likeness (QED) is 0.0514. The summed E-state index contributed by atoms with van der Waals surface area (Å²) < 4.78 is 0. The maximum atomic E-state index is 12.7. The van der Waals surface area contributed by atoms with Gasteiger partial charge in [-0.1, -0.05) is 13.8 Å². The Morgan fingerprint density at radius 3 is 1.75 bits per heavy atom. The van der Waals surface area contributed by atoms with E-state index < -0.39 is 72.6 Å². The standard InChI is InChI=1S/C20H36N8O8/c1-9(2)6-10(21)16(32)27-12(7-14(22)29)17(33)28-13(8-15(30)31)18(34)26-11(19(35)36)4-3-5-25-20(23)24/h9-13H,3-8,21H2,1-2H3,(H2,22,29)(H,26,34)(H,27,32)(H,28,33)(H,30,31)(H,35,36)(H4,23,24,25). The number of primary amides is 1. The van der Waals surface area contributed by atoms with Crippen molar-refractivity contribution in [2.75, 3.05) is 6.54 Å². The second-order valence-corrected chi connectivity index (χ2v) is 8.47. The Morgan fingerprint density at radius 1 is 0.806 bits per heavy atom. The monoisotopic (exact) mass is 516 g/mol. The Morgan fingerprint density at radius 2 is 1.31 bits per heavy atom. The highest BCUT2D eigenvalue weighted by molar-refractivity contribution is 5.97. The van der Waals surface area contributed by atoms with Crippen LogP contribution < -0.4 is 38.9 Å². The molecule has 4 amide bonds. The Bertz CT molecular complexity index is 844. The third-order valence-corrected chi connectivity index (χ3v) is 4.67. The van der Waals surface area contributed by atoms with Crippen molar-refractivity contribution in [3.05, 3.63) is 0 Å². The fraction of sp³-hybridized carbons (Fsp3) is 0.650. The average molecular weight is 517 g/mol. The van der Waals surface area contributed by atoms with Crippen LogP contribution in [0, 0.1) is 5.92 Å². The van der Waals surface area contributed by atoms with Crippen LogP contribution >= 0.6 is 0 Å². The molecule has 204 valence electrons. The molecule has 0 aromatic rings. The first-order chi connectivity index (χ1) is 16.6. The number of carbonyl (C=O) groups is 6. The molecule has 0 rings (SSSR count). The molecule has 0 spiro atoms. The van der Waals surface area contributed by atoms with E-state index in [-0.39, 0.29) is 37.7 Å². The summed E-state index contributed by atoms with van der Waals surface area (Å²) in [5.74, 6) is -6.94. The number of carbonyl (C=O) groups excluding carboxylic acids is 4. The van der Waals surface area contributed by atoms with E-state index in [1.807, 2.05) is 13.8 Å². The van der Waals surface area contributed by atoms with Crippen molar-refractivity contribution in [3.63, 3.8) is 0 Å². The van der Waals surface area contributed by atoms with Crippen molar-refractivity contribution in [2.45, 2.75) is 70.1 Å². The molecule has 0 radical (unpaired) electrons. The van der Waals surface area contributed by atoms with Crippen molar-refractivity contribution in [2.24, 2.45) is 33.8 Å². The zero-order valence-corrected chi connectivity index (χ0v) is 20.2. The molecule has 0 saturated carbocycles. The van der Waals surface area contributed by atoms with Crippen LogP contribution in [-0.2, 0) is 28.8 Å². The van der Waals surface area contributed by atoms with Crippen LogP contribution in [-0.4, -0.2) is 82.5 Å². The molecule has 16 heteroatoms. The zero-order chi connectivity index (χ0) is 28.0. The van der Waals surface area contributed by atoms with Crippen LogP contribution in [0.25, 0.3) is 0 Å². The van der Waals surface area contributed by atoms with Crippen molar-refractivity contribution in [3.8, 4) is 0 Å². The van der Waals surface area contributed by atoms with E-state index in [2.05, 4.69) is 20.9 Å². The molecule has 0 aromatic carbocycles. The number of carboxylic acids is 2. The molecule has 0 aliphatic heterocycles. The van der Waals surface area contributed by atoms with Gasteiger partial charge in [-0.2, -0.15) is 0 Å². The lowest BCUT2D eigenvalue weighted by Crippen LogP contribution is -2.58. The van der Waals surface area contributed by atoms with Gasteiger partial charge in [0.25, 0.3) is 0 Å². The highest BCUT2D eigenvalue weighted by Crippen LogP contribution is 2.05. The first-order valence-electron chi connectivity index (χ1n) is 11.1. The van der Waals surface area contributed by atoms with Gasteiger partial charge in [-0.3, -0.25) is 29.0 Å². The fourth-order valence-corrected chi connectivity index (χ4v) is 2.99. The van der Waals surface area contributed by atoms with Crippen LogP contribution in [0.3, 0.4) is 0 Å². The maximum Gasteiger partial charge on any atom is 0.326 e. The number of carboxylic acid groups (broad SMARTS) is 2. The smallest absolute Gasteiger partial charge is 0.326 e. The molecule has 0 fully saturated rings. The van der Waals surface area contributed by atoms with E-state index in [1.165, 1.54) is 0 Å². The van der Waals surface area contributed by atoms with E-state index in [1.54, 1.807) is 0 Å². The number of amides is 4. The van der Waals surface area contributed by atoms with Crippen LogP contribution in [0.4, 0.5) is 0 Å². The Balaban J connectivity index is 5.50. The van der Waals surface area contributed by atoms with Crippen LogP contribution in [0.1, 0.15) is 46.0 Å². The molecule has 16 nitrogen and oxygen atoms in total. The fourth-order valence-electron chi connectivity index (χ4n) is 2.99. The minimum Gasteiger partial charge on any atom is -0.481 e. The summed E-state index contributed by atoms with van der Waals surface area (Å²) in [4.78, 5) is 75.6. The van der Waals surface area contributed by atoms with Gasteiger partial charge in [0.2, 0.25) is 23.6 Å². The highest BCUT2D eigenvalue weighted by atomic mass is 16.4. The van der Waals surface area contributed by atoms with Crippen LogP contribution in [0.5, 0.6) is 0 Å². The first kappa shape index (κ1) is 32.0. The molecule has 36 heavy (non-hydrogen) atoms. The molecular weight excluding hydrogens is 480 g/mol. The predicted octanol–water partition coefficient (Wildman–Crippen LogP) is -3.70. The third-order valence-electron chi connectivity index (χ3n) is 4.67. The van der Waals surface area contributed by atoms with Crippen molar-refractivity contribution < 1.29 is 39.0 Å². The molecule has 4 unspecified atom stereocenters. The number of aliphatic carboxylic acids is 2. The normalized spacial score (nSPS) is 14.0. The molecule has 0 aliphatic carbocycles. The van der Waals surface area contributed by atoms with Crippen molar-refractivity contribution in [1.82, 2.24) is 16.0 Å². The molecule has 0 saturated heterocycles. The number of hydrogen-bond donors (Lipinski definition) is 9. The minimum absolute atomic E-state index is 0.0551.